The molecule has 1 fully saturated rings. The maximum absolute atomic E-state index is 12.2. The summed E-state index contributed by atoms with van der Waals surface area (Å²) in [4.78, 5) is 14.0. The van der Waals surface area contributed by atoms with Crippen LogP contribution in [0.25, 0.3) is 0 Å². The maximum Gasteiger partial charge on any atom is 0.260 e. The molecular formula is C16H23ClN2O2. The second-order valence-corrected chi connectivity index (χ2v) is 6.21. The van der Waals surface area contributed by atoms with E-state index in [1.807, 2.05) is 24.8 Å². The van der Waals surface area contributed by atoms with Gasteiger partial charge in [0, 0.05) is 24.2 Å². The van der Waals surface area contributed by atoms with Crippen molar-refractivity contribution in [3.8, 4) is 5.75 Å². The third-order valence-electron chi connectivity index (χ3n) is 4.12. The normalized spacial score (nSPS) is 17.6. The molecule has 0 saturated carbocycles. The monoisotopic (exact) mass is 310 g/mol. The topological polar surface area (TPSA) is 55.6 Å². The van der Waals surface area contributed by atoms with Crippen molar-refractivity contribution in [2.45, 2.75) is 32.7 Å². The van der Waals surface area contributed by atoms with Crippen molar-refractivity contribution in [1.82, 2.24) is 4.90 Å². The Morgan fingerprint density at radius 2 is 2.14 bits per heavy atom. The van der Waals surface area contributed by atoms with Crippen LogP contribution in [0.1, 0.15) is 25.3 Å². The van der Waals surface area contributed by atoms with Gasteiger partial charge in [0.2, 0.25) is 0 Å². The van der Waals surface area contributed by atoms with Gasteiger partial charge >= 0.3 is 0 Å². The summed E-state index contributed by atoms with van der Waals surface area (Å²) in [6.45, 7) is 5.57. The Morgan fingerprint density at radius 3 is 2.71 bits per heavy atom. The summed E-state index contributed by atoms with van der Waals surface area (Å²) in [5, 5.41) is 0.671. The molecule has 1 heterocycles. The van der Waals surface area contributed by atoms with Crippen LogP contribution in [0.5, 0.6) is 5.75 Å². The van der Waals surface area contributed by atoms with E-state index in [1.165, 1.54) is 0 Å². The second kappa shape index (κ2) is 7.14. The lowest BCUT2D eigenvalue weighted by atomic mass is 9.91. The number of benzene rings is 1. The first-order chi connectivity index (χ1) is 9.97. The number of nitrogens with two attached hydrogens (primary N) is 1. The number of amides is 1. The van der Waals surface area contributed by atoms with E-state index in [1.54, 1.807) is 12.1 Å². The van der Waals surface area contributed by atoms with Gasteiger partial charge in [-0.25, -0.2) is 0 Å². The van der Waals surface area contributed by atoms with Crippen LogP contribution in [-0.2, 0) is 4.79 Å². The van der Waals surface area contributed by atoms with Crippen LogP contribution in [0, 0.1) is 12.8 Å². The van der Waals surface area contributed by atoms with E-state index in [2.05, 4.69) is 0 Å². The minimum atomic E-state index is 0.0347. The molecule has 0 spiro atoms. The second-order valence-electron chi connectivity index (χ2n) is 5.78. The van der Waals surface area contributed by atoms with Crippen LogP contribution >= 0.6 is 11.6 Å². The zero-order chi connectivity index (χ0) is 15.4. The first-order valence-electron chi connectivity index (χ1n) is 7.39. The largest absolute Gasteiger partial charge is 0.483 e. The highest BCUT2D eigenvalue weighted by molar-refractivity contribution is 6.30. The molecule has 2 N–H and O–H groups in total. The van der Waals surface area contributed by atoms with Crippen molar-refractivity contribution >= 4 is 17.5 Å². The number of ether oxygens (including phenoxy) is 1. The van der Waals surface area contributed by atoms with E-state index < -0.39 is 0 Å². The molecule has 5 heteroatoms. The van der Waals surface area contributed by atoms with Gasteiger partial charge in [-0.1, -0.05) is 11.6 Å². The molecule has 1 amide bonds. The standard InChI is InChI=1S/C16H23ClN2O2/c1-11-9-14(17)3-4-15(11)21-10-16(20)19-7-5-13(6-8-19)12(2)18/h3-4,9,12-13H,5-8,10,18H2,1-2H3. The summed E-state index contributed by atoms with van der Waals surface area (Å²) in [7, 11) is 0. The molecule has 1 aliphatic rings. The number of carbonyl (C=O) groups excluding carboxylic acids is 1. The quantitative estimate of drug-likeness (QED) is 0.930. The van der Waals surface area contributed by atoms with Crippen molar-refractivity contribution in [3.05, 3.63) is 28.8 Å². The summed E-state index contributed by atoms with van der Waals surface area (Å²) in [5.74, 6) is 1.26. The summed E-state index contributed by atoms with van der Waals surface area (Å²) < 4.78 is 5.61. The number of piperidine rings is 1. The average Bonchev–Trinajstić information content (AvgIpc) is 2.46. The number of hydrogen-bond acceptors (Lipinski definition) is 3. The smallest absolute Gasteiger partial charge is 0.260 e. The Bertz CT molecular complexity index is 497. The van der Waals surface area contributed by atoms with Gasteiger partial charge in [-0.15, -0.1) is 0 Å². The van der Waals surface area contributed by atoms with Crippen molar-refractivity contribution in [2.75, 3.05) is 19.7 Å². The van der Waals surface area contributed by atoms with Gasteiger partial charge in [-0.05, 0) is 56.4 Å². The van der Waals surface area contributed by atoms with E-state index in [4.69, 9.17) is 22.1 Å². The number of halogens is 1. The van der Waals surface area contributed by atoms with Crippen LogP contribution in [0.15, 0.2) is 18.2 Å². The average molecular weight is 311 g/mol. The zero-order valence-electron chi connectivity index (χ0n) is 12.6. The van der Waals surface area contributed by atoms with Gasteiger partial charge in [-0.2, -0.15) is 0 Å². The number of hydrogen-bond donors (Lipinski definition) is 1. The Kier molecular flexibility index (Phi) is 5.48. The molecule has 0 aliphatic carbocycles. The molecule has 1 aromatic rings. The molecule has 0 aromatic heterocycles. The van der Waals surface area contributed by atoms with E-state index >= 15 is 0 Å². The number of aryl methyl sites for hydroxylation is 1. The molecule has 116 valence electrons. The molecule has 0 radical (unpaired) electrons. The highest BCUT2D eigenvalue weighted by atomic mass is 35.5. The fourth-order valence-electron chi connectivity index (χ4n) is 2.68. The molecule has 1 aliphatic heterocycles. The van der Waals surface area contributed by atoms with Gasteiger partial charge < -0.3 is 15.4 Å². The summed E-state index contributed by atoms with van der Waals surface area (Å²) >= 11 is 5.90. The fourth-order valence-corrected chi connectivity index (χ4v) is 2.91. The maximum atomic E-state index is 12.2. The van der Waals surface area contributed by atoms with Crippen LogP contribution < -0.4 is 10.5 Å². The first-order valence-corrected chi connectivity index (χ1v) is 7.77. The molecule has 2 rings (SSSR count). The predicted octanol–water partition coefficient (Wildman–Crippen LogP) is 2.61. The molecule has 1 saturated heterocycles. The van der Waals surface area contributed by atoms with Crippen molar-refractivity contribution in [1.29, 1.82) is 0 Å². The summed E-state index contributed by atoms with van der Waals surface area (Å²) in [6.07, 6.45) is 1.95. The van der Waals surface area contributed by atoms with Gasteiger partial charge in [0.05, 0.1) is 0 Å². The lowest BCUT2D eigenvalue weighted by Gasteiger charge is -2.33. The Labute approximate surface area is 131 Å². The molecule has 1 atom stereocenters. The van der Waals surface area contributed by atoms with Crippen LogP contribution in [0.3, 0.4) is 0 Å². The third kappa shape index (κ3) is 4.35. The Morgan fingerprint density at radius 1 is 1.48 bits per heavy atom. The van der Waals surface area contributed by atoms with Crippen molar-refractivity contribution in [3.63, 3.8) is 0 Å². The SMILES string of the molecule is Cc1cc(Cl)ccc1OCC(=O)N1CCC(C(C)N)CC1. The fraction of sp³-hybridized carbons (Fsp3) is 0.562. The molecule has 0 bridgehead atoms. The number of carbonyl (C=O) groups is 1. The molecule has 1 aromatic carbocycles. The van der Waals surface area contributed by atoms with Gasteiger partial charge in [0.25, 0.3) is 5.91 Å². The van der Waals surface area contributed by atoms with Crippen LogP contribution in [-0.4, -0.2) is 36.5 Å². The van der Waals surface area contributed by atoms with Crippen LogP contribution in [0.2, 0.25) is 5.02 Å². The van der Waals surface area contributed by atoms with E-state index in [9.17, 15) is 4.79 Å². The summed E-state index contributed by atoms with van der Waals surface area (Å²) in [6, 6.07) is 5.60. The lowest BCUT2D eigenvalue weighted by molar-refractivity contribution is -0.134. The molecule has 21 heavy (non-hydrogen) atoms. The Balaban J connectivity index is 1.82. The van der Waals surface area contributed by atoms with E-state index in [0.29, 0.717) is 16.7 Å². The third-order valence-corrected chi connectivity index (χ3v) is 4.36. The minimum Gasteiger partial charge on any atom is -0.483 e. The predicted molar refractivity (Wildman–Crippen MR) is 84.6 cm³/mol. The Hall–Kier alpha value is -1.26. The highest BCUT2D eigenvalue weighted by Gasteiger charge is 2.24. The lowest BCUT2D eigenvalue weighted by Crippen LogP contribution is -2.44. The van der Waals surface area contributed by atoms with Gasteiger partial charge in [-0.3, -0.25) is 4.79 Å². The number of nitrogens with zero attached hydrogens (tertiary/aromatic N) is 1. The summed E-state index contributed by atoms with van der Waals surface area (Å²) in [5.41, 5.74) is 6.85. The number of likely N-dealkylation sites (tertiary alicyclic amines) is 1. The van der Waals surface area contributed by atoms with Crippen molar-refractivity contribution in [2.24, 2.45) is 11.7 Å². The van der Waals surface area contributed by atoms with Gasteiger partial charge in [0.1, 0.15) is 5.75 Å². The van der Waals surface area contributed by atoms with Crippen molar-refractivity contribution < 1.29 is 9.53 Å². The first kappa shape index (κ1) is 16.1. The highest BCUT2D eigenvalue weighted by Crippen LogP contribution is 2.23. The molecular weight excluding hydrogens is 288 g/mol. The molecule has 4 nitrogen and oxygen atoms in total. The van der Waals surface area contributed by atoms with Gasteiger partial charge in [0.15, 0.2) is 6.61 Å². The molecule has 1 unspecified atom stereocenters. The van der Waals surface area contributed by atoms with E-state index in [-0.39, 0.29) is 18.6 Å². The van der Waals surface area contributed by atoms with Crippen LogP contribution in [0.4, 0.5) is 0 Å². The minimum absolute atomic E-state index is 0.0347. The number of rotatable bonds is 4. The zero-order valence-corrected chi connectivity index (χ0v) is 13.4. The van der Waals surface area contributed by atoms with E-state index in [0.717, 1.165) is 31.5 Å².